The van der Waals surface area contributed by atoms with Crippen LogP contribution in [0.5, 0.6) is 5.75 Å². The number of hydrogen-bond acceptors (Lipinski definition) is 5. The van der Waals surface area contributed by atoms with Crippen LogP contribution in [0.1, 0.15) is 19.4 Å². The normalized spacial score (nSPS) is 15.0. The van der Waals surface area contributed by atoms with Gasteiger partial charge >= 0.3 is 0 Å². The van der Waals surface area contributed by atoms with Crippen LogP contribution in [0.15, 0.2) is 42.5 Å². The van der Waals surface area contributed by atoms with Crippen LogP contribution in [0.2, 0.25) is 5.02 Å². The van der Waals surface area contributed by atoms with Gasteiger partial charge in [-0.2, -0.15) is 0 Å². The summed E-state index contributed by atoms with van der Waals surface area (Å²) >= 11 is 7.64. The fraction of sp³-hybridized carbons (Fsp3) is 0.364. The van der Waals surface area contributed by atoms with Crippen LogP contribution in [-0.2, 0) is 4.79 Å². The van der Waals surface area contributed by atoms with Crippen LogP contribution in [0.25, 0.3) is 10.2 Å². The van der Waals surface area contributed by atoms with Crippen molar-refractivity contribution >= 4 is 44.2 Å². The lowest BCUT2D eigenvalue weighted by Gasteiger charge is -2.38. The molecular weight excluding hydrogens is 406 g/mol. The first-order valence-corrected chi connectivity index (χ1v) is 10.9. The zero-order chi connectivity index (χ0) is 20.6. The minimum absolute atomic E-state index is 0.00738. The van der Waals surface area contributed by atoms with Crippen molar-refractivity contribution < 1.29 is 9.53 Å². The number of ether oxygens (including phenoxy) is 1. The predicted octanol–water partition coefficient (Wildman–Crippen LogP) is 4.76. The van der Waals surface area contributed by atoms with Gasteiger partial charge in [-0.05, 0) is 62.7 Å². The van der Waals surface area contributed by atoms with Gasteiger partial charge in [0.05, 0.1) is 10.2 Å². The molecule has 0 unspecified atom stereocenters. The van der Waals surface area contributed by atoms with Crippen LogP contribution in [0, 0.1) is 6.92 Å². The van der Waals surface area contributed by atoms with Crippen LogP contribution in [0.4, 0.5) is 5.13 Å². The predicted molar refractivity (Wildman–Crippen MR) is 119 cm³/mol. The van der Waals surface area contributed by atoms with Crippen molar-refractivity contribution in [2.75, 3.05) is 31.1 Å². The highest BCUT2D eigenvalue weighted by molar-refractivity contribution is 7.22. The van der Waals surface area contributed by atoms with E-state index < -0.39 is 5.60 Å². The van der Waals surface area contributed by atoms with Gasteiger partial charge in [-0.3, -0.25) is 4.79 Å². The molecule has 1 amide bonds. The first-order valence-electron chi connectivity index (χ1n) is 9.68. The minimum atomic E-state index is -0.941. The van der Waals surface area contributed by atoms with Gasteiger partial charge in [-0.25, -0.2) is 4.98 Å². The number of piperazine rings is 1. The smallest absolute Gasteiger partial charge is 0.266 e. The molecule has 2 aromatic carbocycles. The number of aryl methyl sites for hydroxylation is 1. The molecule has 0 saturated carbocycles. The van der Waals surface area contributed by atoms with E-state index in [0.29, 0.717) is 23.9 Å². The molecular formula is C22H24ClN3O2S. The van der Waals surface area contributed by atoms with Crippen LogP contribution in [0.3, 0.4) is 0 Å². The van der Waals surface area contributed by atoms with Gasteiger partial charge in [0, 0.05) is 31.2 Å². The fourth-order valence-corrected chi connectivity index (χ4v) is 4.72. The van der Waals surface area contributed by atoms with Gasteiger partial charge < -0.3 is 14.5 Å². The lowest BCUT2D eigenvalue weighted by Crippen LogP contribution is -2.55. The number of nitrogens with zero attached hydrogens (tertiary/aromatic N) is 3. The molecule has 1 fully saturated rings. The highest BCUT2D eigenvalue weighted by Crippen LogP contribution is 2.30. The maximum absolute atomic E-state index is 13.1. The van der Waals surface area contributed by atoms with Crippen LogP contribution < -0.4 is 9.64 Å². The maximum Gasteiger partial charge on any atom is 0.266 e. The van der Waals surface area contributed by atoms with Crippen LogP contribution in [-0.4, -0.2) is 47.6 Å². The Balaban J connectivity index is 1.40. The van der Waals surface area contributed by atoms with Gasteiger partial charge in [0.15, 0.2) is 10.7 Å². The van der Waals surface area contributed by atoms with E-state index in [0.717, 1.165) is 23.7 Å². The molecule has 29 heavy (non-hydrogen) atoms. The van der Waals surface area contributed by atoms with Crippen molar-refractivity contribution in [2.24, 2.45) is 0 Å². The number of anilines is 1. The third-order valence-corrected chi connectivity index (χ3v) is 6.40. The summed E-state index contributed by atoms with van der Waals surface area (Å²) in [5.74, 6) is 0.628. The Kier molecular flexibility index (Phi) is 5.40. The van der Waals surface area contributed by atoms with Crippen molar-refractivity contribution in [1.29, 1.82) is 0 Å². The van der Waals surface area contributed by atoms with Crippen molar-refractivity contribution in [3.05, 3.63) is 53.1 Å². The molecule has 1 saturated heterocycles. The fourth-order valence-electron chi connectivity index (χ4n) is 3.48. The zero-order valence-electron chi connectivity index (χ0n) is 16.8. The van der Waals surface area contributed by atoms with Gasteiger partial charge in [0.25, 0.3) is 5.91 Å². The van der Waals surface area contributed by atoms with E-state index in [1.807, 2.05) is 18.7 Å². The Morgan fingerprint density at radius 1 is 1.10 bits per heavy atom. The Hall–Kier alpha value is -2.31. The van der Waals surface area contributed by atoms with Crippen molar-refractivity contribution in [1.82, 2.24) is 9.88 Å². The summed E-state index contributed by atoms with van der Waals surface area (Å²) in [6.45, 7) is 8.56. The third kappa shape index (κ3) is 4.33. The van der Waals surface area contributed by atoms with Gasteiger partial charge in [0.1, 0.15) is 5.75 Å². The van der Waals surface area contributed by atoms with E-state index in [4.69, 9.17) is 21.3 Å². The summed E-state index contributed by atoms with van der Waals surface area (Å²) in [6.07, 6.45) is 0. The average Bonchev–Trinajstić information content (AvgIpc) is 3.12. The van der Waals surface area contributed by atoms with E-state index in [2.05, 4.69) is 30.0 Å². The number of carbonyl (C=O) groups excluding carboxylic acids is 1. The van der Waals surface area contributed by atoms with Crippen molar-refractivity contribution in [2.45, 2.75) is 26.4 Å². The Labute approximate surface area is 179 Å². The zero-order valence-corrected chi connectivity index (χ0v) is 18.4. The molecule has 5 nitrogen and oxygen atoms in total. The lowest BCUT2D eigenvalue weighted by molar-refractivity contribution is -0.145. The standard InChI is InChI=1S/C22H24ClN3O2S/c1-15-4-9-18-19(14-15)29-21(24-18)26-12-10-25(11-13-26)20(27)22(2,3)28-17-7-5-16(23)6-8-17/h4-9,14H,10-13H2,1-3H3. The number of carbonyl (C=O) groups is 1. The first kappa shape index (κ1) is 20.0. The summed E-state index contributed by atoms with van der Waals surface area (Å²) < 4.78 is 7.17. The molecule has 0 atom stereocenters. The summed E-state index contributed by atoms with van der Waals surface area (Å²) in [5.41, 5.74) is 1.33. The van der Waals surface area contributed by atoms with E-state index in [-0.39, 0.29) is 5.91 Å². The molecule has 0 spiro atoms. The number of thiazole rings is 1. The molecule has 0 bridgehead atoms. The second-order valence-electron chi connectivity index (χ2n) is 7.81. The number of amides is 1. The van der Waals surface area contributed by atoms with Crippen molar-refractivity contribution in [3.63, 3.8) is 0 Å². The molecule has 1 aromatic heterocycles. The molecule has 152 valence electrons. The third-order valence-electron chi connectivity index (χ3n) is 5.07. The van der Waals surface area contributed by atoms with E-state index >= 15 is 0 Å². The summed E-state index contributed by atoms with van der Waals surface area (Å²) in [7, 11) is 0. The van der Waals surface area contributed by atoms with E-state index in [9.17, 15) is 4.79 Å². The number of benzene rings is 2. The molecule has 0 N–H and O–H groups in total. The molecule has 2 heterocycles. The van der Waals surface area contributed by atoms with Gasteiger partial charge in [0.2, 0.25) is 0 Å². The maximum atomic E-state index is 13.1. The molecule has 1 aliphatic rings. The second kappa shape index (κ2) is 7.84. The Morgan fingerprint density at radius 2 is 1.79 bits per heavy atom. The molecule has 0 radical (unpaired) electrons. The molecule has 1 aliphatic heterocycles. The Bertz CT molecular complexity index is 1020. The van der Waals surface area contributed by atoms with E-state index in [1.54, 1.807) is 35.6 Å². The monoisotopic (exact) mass is 429 g/mol. The Morgan fingerprint density at radius 3 is 2.48 bits per heavy atom. The van der Waals surface area contributed by atoms with Crippen molar-refractivity contribution in [3.8, 4) is 5.75 Å². The first-order chi connectivity index (χ1) is 13.8. The number of hydrogen-bond donors (Lipinski definition) is 0. The quantitative estimate of drug-likeness (QED) is 0.599. The van der Waals surface area contributed by atoms with Crippen LogP contribution >= 0.6 is 22.9 Å². The molecule has 3 aromatic rings. The number of halogens is 1. The number of aromatic nitrogens is 1. The summed E-state index contributed by atoms with van der Waals surface area (Å²) in [4.78, 5) is 22.0. The van der Waals surface area contributed by atoms with Gasteiger partial charge in [-0.15, -0.1) is 0 Å². The number of fused-ring (bicyclic) bond motifs is 1. The van der Waals surface area contributed by atoms with Gasteiger partial charge in [-0.1, -0.05) is 29.0 Å². The minimum Gasteiger partial charge on any atom is -0.478 e. The largest absolute Gasteiger partial charge is 0.478 e. The topological polar surface area (TPSA) is 45.7 Å². The molecule has 7 heteroatoms. The average molecular weight is 430 g/mol. The SMILES string of the molecule is Cc1ccc2nc(N3CCN(C(=O)C(C)(C)Oc4ccc(Cl)cc4)CC3)sc2c1. The lowest BCUT2D eigenvalue weighted by atomic mass is 10.1. The highest BCUT2D eigenvalue weighted by atomic mass is 35.5. The number of rotatable bonds is 4. The summed E-state index contributed by atoms with van der Waals surface area (Å²) in [6, 6.07) is 13.4. The highest BCUT2D eigenvalue weighted by Gasteiger charge is 2.36. The molecule has 0 aliphatic carbocycles. The van der Waals surface area contributed by atoms with E-state index in [1.165, 1.54) is 10.3 Å². The molecule has 4 rings (SSSR count). The summed E-state index contributed by atoms with van der Waals surface area (Å²) in [5, 5.41) is 1.66. The second-order valence-corrected chi connectivity index (χ2v) is 9.26.